The van der Waals surface area contributed by atoms with Gasteiger partial charge in [0, 0.05) is 25.6 Å². The van der Waals surface area contributed by atoms with E-state index in [-0.39, 0.29) is 0 Å². The van der Waals surface area contributed by atoms with Crippen molar-refractivity contribution in [1.29, 1.82) is 0 Å². The van der Waals surface area contributed by atoms with Crippen molar-refractivity contribution < 1.29 is 0 Å². The second-order valence-electron chi connectivity index (χ2n) is 8.20. The SMILES string of the molecule is CCCCCc1ccc2c(c1)sc1c2sc2sc3cc(CCCCC)ccc3c21. The molecule has 0 saturated heterocycles. The lowest BCUT2D eigenvalue weighted by molar-refractivity contribution is 0.718. The highest BCUT2D eigenvalue weighted by Gasteiger charge is 2.17. The Morgan fingerprint density at radius 1 is 0.621 bits per heavy atom. The third-order valence-corrected chi connectivity index (χ3v) is 9.76. The summed E-state index contributed by atoms with van der Waals surface area (Å²) in [6.45, 7) is 4.56. The summed E-state index contributed by atoms with van der Waals surface area (Å²) in [5, 5.41) is 4.44. The molecule has 29 heavy (non-hydrogen) atoms. The predicted molar refractivity (Wildman–Crippen MR) is 137 cm³/mol. The van der Waals surface area contributed by atoms with E-state index in [0.29, 0.717) is 0 Å². The summed E-state index contributed by atoms with van der Waals surface area (Å²) < 4.78 is 7.45. The van der Waals surface area contributed by atoms with Gasteiger partial charge in [-0.15, -0.1) is 34.0 Å². The fraction of sp³-hybridized carbons (Fsp3) is 0.385. The Balaban J connectivity index is 1.55. The molecule has 0 aliphatic carbocycles. The first-order valence-corrected chi connectivity index (χ1v) is 13.5. The summed E-state index contributed by atoms with van der Waals surface area (Å²) in [4.78, 5) is 0. The Morgan fingerprint density at radius 2 is 1.24 bits per heavy atom. The van der Waals surface area contributed by atoms with E-state index in [9.17, 15) is 0 Å². The smallest absolute Gasteiger partial charge is 0.0898 e. The topological polar surface area (TPSA) is 0 Å². The van der Waals surface area contributed by atoms with Gasteiger partial charge in [-0.25, -0.2) is 0 Å². The normalized spacial score (nSPS) is 12.2. The molecule has 0 atom stereocenters. The highest BCUT2D eigenvalue weighted by atomic mass is 32.2. The molecule has 3 heterocycles. The van der Waals surface area contributed by atoms with Crippen molar-refractivity contribution in [2.45, 2.75) is 65.2 Å². The van der Waals surface area contributed by atoms with Gasteiger partial charge in [-0.1, -0.05) is 63.8 Å². The average molecular weight is 437 g/mol. The van der Waals surface area contributed by atoms with Crippen LogP contribution >= 0.6 is 34.0 Å². The Kier molecular flexibility index (Phi) is 5.64. The van der Waals surface area contributed by atoms with Crippen LogP contribution in [-0.2, 0) is 12.8 Å². The van der Waals surface area contributed by atoms with E-state index >= 15 is 0 Å². The highest BCUT2D eigenvalue weighted by molar-refractivity contribution is 7.47. The monoisotopic (exact) mass is 436 g/mol. The van der Waals surface area contributed by atoms with Crippen molar-refractivity contribution in [2.24, 2.45) is 0 Å². The number of rotatable bonds is 8. The minimum absolute atomic E-state index is 1.22. The van der Waals surface area contributed by atoms with Crippen LogP contribution in [0.15, 0.2) is 36.4 Å². The van der Waals surface area contributed by atoms with E-state index in [1.165, 1.54) is 101 Å². The number of benzene rings is 2. The lowest BCUT2D eigenvalue weighted by Gasteiger charge is -2.00. The zero-order valence-corrected chi connectivity index (χ0v) is 19.8. The largest absolute Gasteiger partial charge is 0.134 e. The molecule has 5 aromatic rings. The van der Waals surface area contributed by atoms with Gasteiger partial charge in [0.1, 0.15) is 0 Å². The molecule has 150 valence electrons. The molecule has 2 aromatic carbocycles. The van der Waals surface area contributed by atoms with Crippen LogP contribution in [0.3, 0.4) is 0 Å². The molecule has 5 rings (SSSR count). The van der Waals surface area contributed by atoms with E-state index in [1.54, 1.807) is 0 Å². The summed E-state index contributed by atoms with van der Waals surface area (Å²) in [5.41, 5.74) is 3.01. The maximum atomic E-state index is 2.45. The van der Waals surface area contributed by atoms with E-state index in [1.807, 2.05) is 34.0 Å². The summed E-state index contributed by atoms with van der Waals surface area (Å²) in [7, 11) is 0. The second kappa shape index (κ2) is 8.37. The molecule has 0 bridgehead atoms. The van der Waals surface area contributed by atoms with Crippen LogP contribution in [0.5, 0.6) is 0 Å². The summed E-state index contributed by atoms with van der Waals surface area (Å²) >= 11 is 6.01. The van der Waals surface area contributed by atoms with Crippen molar-refractivity contribution in [3.8, 4) is 0 Å². The minimum Gasteiger partial charge on any atom is -0.134 e. The van der Waals surface area contributed by atoms with Gasteiger partial charge in [-0.3, -0.25) is 0 Å². The Hall–Kier alpha value is -1.42. The van der Waals surface area contributed by atoms with E-state index < -0.39 is 0 Å². The minimum atomic E-state index is 1.22. The Bertz CT molecular complexity index is 1280. The van der Waals surface area contributed by atoms with Crippen LogP contribution < -0.4 is 0 Å². The molecule has 3 heteroatoms. The average Bonchev–Trinajstić information content (AvgIpc) is 3.35. The van der Waals surface area contributed by atoms with Crippen LogP contribution in [0.4, 0.5) is 0 Å². The fourth-order valence-electron chi connectivity index (χ4n) is 4.35. The van der Waals surface area contributed by atoms with Crippen LogP contribution in [0.2, 0.25) is 0 Å². The van der Waals surface area contributed by atoms with Crippen LogP contribution in [0.25, 0.3) is 39.0 Å². The van der Waals surface area contributed by atoms with Gasteiger partial charge in [0.2, 0.25) is 0 Å². The van der Waals surface area contributed by atoms with Crippen LogP contribution in [0, 0.1) is 0 Å². The van der Waals surface area contributed by atoms with Gasteiger partial charge >= 0.3 is 0 Å². The van der Waals surface area contributed by atoms with Gasteiger partial charge < -0.3 is 0 Å². The van der Waals surface area contributed by atoms with Crippen molar-refractivity contribution in [1.82, 2.24) is 0 Å². The number of aryl methyl sites for hydroxylation is 2. The van der Waals surface area contributed by atoms with Crippen LogP contribution in [0.1, 0.15) is 63.5 Å². The molecular weight excluding hydrogens is 408 g/mol. The quantitative estimate of drug-likeness (QED) is 0.212. The standard InChI is InChI=1S/C26H28S3/c1-3-5-7-9-17-11-13-19-21(15-17)28-26-23(19)25-24(29-26)20-14-12-18(10-8-6-4-2)16-22(20)27-25/h11-16H,3-10H2,1-2H3. The molecular formula is C26H28S3. The van der Waals surface area contributed by atoms with Gasteiger partial charge in [-0.05, 0) is 48.9 Å². The predicted octanol–water partition coefficient (Wildman–Crippen LogP) is 9.95. The molecule has 0 nitrogen and oxygen atoms in total. The first-order chi connectivity index (χ1) is 14.3. The van der Waals surface area contributed by atoms with Gasteiger partial charge in [0.25, 0.3) is 0 Å². The van der Waals surface area contributed by atoms with E-state index in [4.69, 9.17) is 0 Å². The second-order valence-corrected chi connectivity index (χ2v) is 11.6. The first-order valence-electron chi connectivity index (χ1n) is 11.1. The zero-order valence-electron chi connectivity index (χ0n) is 17.3. The molecule has 0 saturated carbocycles. The molecule has 3 aromatic heterocycles. The van der Waals surface area contributed by atoms with Crippen molar-refractivity contribution >= 4 is 73.0 Å². The lowest BCUT2D eigenvalue weighted by Crippen LogP contribution is -1.84. The number of hydrogen-bond donors (Lipinski definition) is 0. The number of hydrogen-bond acceptors (Lipinski definition) is 3. The lowest BCUT2D eigenvalue weighted by atomic mass is 10.1. The van der Waals surface area contributed by atoms with Gasteiger partial charge in [-0.2, -0.15) is 0 Å². The number of fused-ring (bicyclic) bond motifs is 7. The van der Waals surface area contributed by atoms with E-state index in [2.05, 4.69) is 50.2 Å². The van der Waals surface area contributed by atoms with Gasteiger partial charge in [0.05, 0.1) is 13.4 Å². The third-order valence-electron chi connectivity index (χ3n) is 5.99. The first kappa shape index (κ1) is 19.5. The highest BCUT2D eigenvalue weighted by Crippen LogP contribution is 2.50. The summed E-state index contributed by atoms with van der Waals surface area (Å²) in [6, 6.07) is 14.4. The molecule has 0 amide bonds. The third kappa shape index (κ3) is 3.62. The molecule has 0 N–H and O–H groups in total. The summed E-state index contributed by atoms with van der Waals surface area (Å²) in [6.07, 6.45) is 10.3. The summed E-state index contributed by atoms with van der Waals surface area (Å²) in [5.74, 6) is 0. The van der Waals surface area contributed by atoms with Crippen LogP contribution in [-0.4, -0.2) is 0 Å². The molecule has 0 unspecified atom stereocenters. The van der Waals surface area contributed by atoms with Crippen molar-refractivity contribution in [3.63, 3.8) is 0 Å². The number of unbranched alkanes of at least 4 members (excludes halogenated alkanes) is 4. The van der Waals surface area contributed by atoms with Crippen molar-refractivity contribution in [3.05, 3.63) is 47.5 Å². The van der Waals surface area contributed by atoms with Gasteiger partial charge in [0.15, 0.2) is 0 Å². The maximum Gasteiger partial charge on any atom is 0.0898 e. The Labute approximate surface area is 185 Å². The molecule has 0 fully saturated rings. The van der Waals surface area contributed by atoms with E-state index in [0.717, 1.165) is 0 Å². The molecule has 0 aliphatic heterocycles. The number of thiophene rings is 3. The molecule has 0 spiro atoms. The Morgan fingerprint density at radius 3 is 1.90 bits per heavy atom. The zero-order chi connectivity index (χ0) is 19.8. The fourth-order valence-corrected chi connectivity index (χ4v) is 8.69. The van der Waals surface area contributed by atoms with Crippen molar-refractivity contribution in [2.75, 3.05) is 0 Å². The molecule has 0 aliphatic rings. The maximum absolute atomic E-state index is 2.45. The molecule has 0 radical (unpaired) electrons.